The van der Waals surface area contributed by atoms with Gasteiger partial charge in [-0.05, 0) is 12.3 Å². The van der Waals surface area contributed by atoms with Gasteiger partial charge in [-0.3, -0.25) is 4.79 Å². The number of aliphatic hydroxyl groups excluding tert-OH is 2. The third-order valence-corrected chi connectivity index (χ3v) is 2.75. The van der Waals surface area contributed by atoms with Crippen LogP contribution in [0.5, 0.6) is 0 Å². The van der Waals surface area contributed by atoms with Crippen molar-refractivity contribution >= 4 is 0 Å². The lowest BCUT2D eigenvalue weighted by Gasteiger charge is -2.13. The molecule has 0 fully saturated rings. The van der Waals surface area contributed by atoms with Gasteiger partial charge in [-0.1, -0.05) is 20.3 Å². The predicted molar refractivity (Wildman–Crippen MR) is 59.9 cm³/mol. The van der Waals surface area contributed by atoms with E-state index in [1.807, 2.05) is 13.8 Å². The lowest BCUT2D eigenvalue weighted by atomic mass is 9.99. The molecule has 4 heteroatoms. The number of aliphatic hydroxyl groups is 2. The SMILES string of the molecule is CCC(C)CC(O)c1cc(=O)c(CO)co1. The molecule has 1 aromatic heterocycles. The molecule has 0 aliphatic carbocycles. The quantitative estimate of drug-likeness (QED) is 0.800. The van der Waals surface area contributed by atoms with Crippen LogP contribution >= 0.6 is 0 Å². The van der Waals surface area contributed by atoms with Crippen LogP contribution in [0.15, 0.2) is 21.5 Å². The Morgan fingerprint density at radius 3 is 2.69 bits per heavy atom. The molecule has 0 aliphatic heterocycles. The Kier molecular flexibility index (Phi) is 4.71. The molecule has 16 heavy (non-hydrogen) atoms. The van der Waals surface area contributed by atoms with Crippen molar-refractivity contribution < 1.29 is 14.6 Å². The highest BCUT2D eigenvalue weighted by atomic mass is 16.4. The van der Waals surface area contributed by atoms with Crippen LogP contribution in [0.4, 0.5) is 0 Å². The maximum Gasteiger partial charge on any atom is 0.190 e. The van der Waals surface area contributed by atoms with E-state index in [4.69, 9.17) is 9.52 Å². The number of hydrogen-bond donors (Lipinski definition) is 2. The van der Waals surface area contributed by atoms with E-state index < -0.39 is 6.10 Å². The molecule has 2 atom stereocenters. The summed E-state index contributed by atoms with van der Waals surface area (Å²) in [5.74, 6) is 0.639. The van der Waals surface area contributed by atoms with Gasteiger partial charge in [0.15, 0.2) is 5.43 Å². The zero-order chi connectivity index (χ0) is 12.1. The molecule has 0 saturated heterocycles. The fourth-order valence-corrected chi connectivity index (χ4v) is 1.41. The molecule has 1 aromatic rings. The van der Waals surface area contributed by atoms with Crippen molar-refractivity contribution in [1.82, 2.24) is 0 Å². The van der Waals surface area contributed by atoms with Crippen LogP contribution in [0.2, 0.25) is 0 Å². The molecule has 1 rings (SSSR count). The van der Waals surface area contributed by atoms with E-state index in [0.717, 1.165) is 6.42 Å². The van der Waals surface area contributed by atoms with Gasteiger partial charge in [0, 0.05) is 6.07 Å². The molecular weight excluding hydrogens is 208 g/mol. The van der Waals surface area contributed by atoms with Crippen LogP contribution in [-0.2, 0) is 6.61 Å². The molecule has 4 nitrogen and oxygen atoms in total. The summed E-state index contributed by atoms with van der Waals surface area (Å²) in [6.45, 7) is 3.73. The van der Waals surface area contributed by atoms with Gasteiger partial charge in [0.25, 0.3) is 0 Å². The summed E-state index contributed by atoms with van der Waals surface area (Å²) in [5.41, 5.74) is -0.0913. The van der Waals surface area contributed by atoms with Crippen molar-refractivity contribution in [3.05, 3.63) is 33.9 Å². The topological polar surface area (TPSA) is 70.7 Å². The number of hydrogen-bond acceptors (Lipinski definition) is 4. The van der Waals surface area contributed by atoms with Crippen molar-refractivity contribution in [2.75, 3.05) is 0 Å². The maximum atomic E-state index is 11.4. The predicted octanol–water partition coefficient (Wildman–Crippen LogP) is 1.60. The molecule has 0 amide bonds. The summed E-state index contributed by atoms with van der Waals surface area (Å²) in [4.78, 5) is 11.4. The van der Waals surface area contributed by atoms with E-state index in [2.05, 4.69) is 0 Å². The van der Waals surface area contributed by atoms with Gasteiger partial charge in [0.1, 0.15) is 18.1 Å². The van der Waals surface area contributed by atoms with E-state index in [1.165, 1.54) is 12.3 Å². The molecule has 0 saturated carbocycles. The molecule has 0 aromatic carbocycles. The molecule has 2 N–H and O–H groups in total. The van der Waals surface area contributed by atoms with Crippen molar-refractivity contribution in [3.63, 3.8) is 0 Å². The fraction of sp³-hybridized carbons (Fsp3) is 0.583. The molecule has 0 spiro atoms. The van der Waals surface area contributed by atoms with Crippen LogP contribution in [0.25, 0.3) is 0 Å². The average molecular weight is 226 g/mol. The van der Waals surface area contributed by atoms with Gasteiger partial charge in [-0.2, -0.15) is 0 Å². The van der Waals surface area contributed by atoms with Gasteiger partial charge >= 0.3 is 0 Å². The molecular formula is C12H18O4. The lowest BCUT2D eigenvalue weighted by molar-refractivity contribution is 0.119. The van der Waals surface area contributed by atoms with Gasteiger partial charge in [0.05, 0.1) is 12.2 Å². The van der Waals surface area contributed by atoms with Gasteiger partial charge in [-0.25, -0.2) is 0 Å². The van der Waals surface area contributed by atoms with Crippen molar-refractivity contribution in [2.24, 2.45) is 5.92 Å². The summed E-state index contributed by atoms with van der Waals surface area (Å²) in [5, 5.41) is 18.6. The molecule has 90 valence electrons. The van der Waals surface area contributed by atoms with Crippen molar-refractivity contribution in [2.45, 2.75) is 39.4 Å². The Morgan fingerprint density at radius 1 is 1.50 bits per heavy atom. The minimum Gasteiger partial charge on any atom is -0.466 e. The zero-order valence-electron chi connectivity index (χ0n) is 9.64. The summed E-state index contributed by atoms with van der Waals surface area (Å²) < 4.78 is 5.13. The van der Waals surface area contributed by atoms with Crippen LogP contribution in [0.1, 0.15) is 44.1 Å². The first-order chi connectivity index (χ1) is 7.58. The summed E-state index contributed by atoms with van der Waals surface area (Å²) in [7, 11) is 0. The highest BCUT2D eigenvalue weighted by Gasteiger charge is 2.15. The Bertz CT molecular complexity index is 383. The van der Waals surface area contributed by atoms with Crippen LogP contribution in [0.3, 0.4) is 0 Å². The minimum atomic E-state index is -0.754. The number of rotatable bonds is 5. The van der Waals surface area contributed by atoms with E-state index in [-0.39, 0.29) is 23.4 Å². The summed E-state index contributed by atoms with van der Waals surface area (Å²) in [6.07, 6.45) is 1.99. The standard InChI is InChI=1S/C12H18O4/c1-3-8(2)4-11(15)12-5-10(14)9(6-13)7-16-12/h5,7-8,11,13,15H,3-4,6H2,1-2H3. The highest BCUT2D eigenvalue weighted by molar-refractivity contribution is 5.11. The van der Waals surface area contributed by atoms with Crippen LogP contribution in [-0.4, -0.2) is 10.2 Å². The second-order valence-corrected chi connectivity index (χ2v) is 4.09. The third kappa shape index (κ3) is 3.18. The monoisotopic (exact) mass is 226 g/mol. The first kappa shape index (κ1) is 12.9. The van der Waals surface area contributed by atoms with Gasteiger partial charge < -0.3 is 14.6 Å². The van der Waals surface area contributed by atoms with Crippen LogP contribution in [0, 0.1) is 5.92 Å². The lowest BCUT2D eigenvalue weighted by Crippen LogP contribution is -2.11. The first-order valence-electron chi connectivity index (χ1n) is 5.49. The summed E-state index contributed by atoms with van der Waals surface area (Å²) in [6, 6.07) is 1.25. The first-order valence-corrected chi connectivity index (χ1v) is 5.49. The third-order valence-electron chi connectivity index (χ3n) is 2.75. The van der Waals surface area contributed by atoms with Crippen molar-refractivity contribution in [1.29, 1.82) is 0 Å². The van der Waals surface area contributed by atoms with Gasteiger partial charge in [0.2, 0.25) is 0 Å². The summed E-state index contributed by atoms with van der Waals surface area (Å²) >= 11 is 0. The smallest absolute Gasteiger partial charge is 0.190 e. The fourth-order valence-electron chi connectivity index (χ4n) is 1.41. The zero-order valence-corrected chi connectivity index (χ0v) is 9.64. The molecule has 1 heterocycles. The maximum absolute atomic E-state index is 11.4. The molecule has 2 unspecified atom stereocenters. The molecule has 0 aliphatic rings. The minimum absolute atomic E-state index is 0.208. The van der Waals surface area contributed by atoms with Crippen molar-refractivity contribution in [3.8, 4) is 0 Å². The van der Waals surface area contributed by atoms with E-state index in [1.54, 1.807) is 0 Å². The van der Waals surface area contributed by atoms with E-state index in [0.29, 0.717) is 12.3 Å². The normalized spacial score (nSPS) is 14.8. The second kappa shape index (κ2) is 5.82. The van der Waals surface area contributed by atoms with E-state index >= 15 is 0 Å². The Morgan fingerprint density at radius 2 is 2.19 bits per heavy atom. The Hall–Kier alpha value is -1.13. The van der Waals surface area contributed by atoms with E-state index in [9.17, 15) is 9.90 Å². The average Bonchev–Trinajstić information content (AvgIpc) is 2.28. The Labute approximate surface area is 94.5 Å². The second-order valence-electron chi connectivity index (χ2n) is 4.09. The largest absolute Gasteiger partial charge is 0.466 e. The van der Waals surface area contributed by atoms with Gasteiger partial charge in [-0.15, -0.1) is 0 Å². The highest BCUT2D eigenvalue weighted by Crippen LogP contribution is 2.21. The molecule has 0 radical (unpaired) electrons. The Balaban J connectivity index is 2.80. The van der Waals surface area contributed by atoms with Crippen LogP contribution < -0.4 is 5.43 Å². The molecule has 0 bridgehead atoms.